The number of carbonyl (C=O) groups excluding carboxylic acids is 2. The summed E-state index contributed by atoms with van der Waals surface area (Å²) >= 11 is 3.44. The molecule has 0 fully saturated rings. The maximum atomic E-state index is 13.1. The average molecular weight is 509 g/mol. The lowest BCUT2D eigenvalue weighted by molar-refractivity contribution is -0.118. The molecule has 0 spiro atoms. The zero-order valence-corrected chi connectivity index (χ0v) is 19.9. The van der Waals surface area contributed by atoms with Gasteiger partial charge in [-0.15, -0.1) is 0 Å². The predicted molar refractivity (Wildman–Crippen MR) is 131 cm³/mol. The van der Waals surface area contributed by atoms with Gasteiger partial charge in [-0.2, -0.15) is 0 Å². The topological polar surface area (TPSA) is 67.9 Å². The normalized spacial score (nSPS) is 12.8. The van der Waals surface area contributed by atoms with E-state index in [1.807, 2.05) is 42.2 Å². The van der Waals surface area contributed by atoms with E-state index >= 15 is 0 Å². The number of fused-ring (bicyclic) bond motifs is 1. The molecule has 1 aliphatic heterocycles. The van der Waals surface area contributed by atoms with Crippen molar-refractivity contribution in [3.05, 3.63) is 87.9 Å². The van der Waals surface area contributed by atoms with Gasteiger partial charge in [0, 0.05) is 34.4 Å². The van der Waals surface area contributed by atoms with Crippen molar-refractivity contribution in [3.63, 3.8) is 0 Å². The lowest BCUT2D eigenvalue weighted by Gasteiger charge is -2.29. The largest absolute Gasteiger partial charge is 0.494 e. The van der Waals surface area contributed by atoms with Crippen LogP contribution in [0.5, 0.6) is 11.5 Å². The summed E-state index contributed by atoms with van der Waals surface area (Å²) in [6.45, 7) is 3.52. The van der Waals surface area contributed by atoms with Crippen molar-refractivity contribution in [2.45, 2.75) is 19.9 Å². The smallest absolute Gasteiger partial charge is 0.262 e. The SMILES string of the molecule is CCOc1ccc(NC(=O)COc2cccc3c2CCN(Cc2ccc(Br)cc2)C3=O)cc1. The third kappa shape index (κ3) is 5.73. The molecule has 0 unspecified atom stereocenters. The Morgan fingerprint density at radius 1 is 1.03 bits per heavy atom. The second-order valence-corrected chi connectivity index (χ2v) is 8.60. The van der Waals surface area contributed by atoms with Gasteiger partial charge in [0.2, 0.25) is 0 Å². The van der Waals surface area contributed by atoms with Crippen LogP contribution in [0.15, 0.2) is 71.2 Å². The number of rotatable bonds is 8. The maximum Gasteiger partial charge on any atom is 0.262 e. The van der Waals surface area contributed by atoms with Gasteiger partial charge in [-0.1, -0.05) is 34.1 Å². The highest BCUT2D eigenvalue weighted by molar-refractivity contribution is 9.10. The van der Waals surface area contributed by atoms with Gasteiger partial charge in [0.15, 0.2) is 6.61 Å². The van der Waals surface area contributed by atoms with Crippen LogP contribution >= 0.6 is 15.9 Å². The Morgan fingerprint density at radius 3 is 2.52 bits per heavy atom. The highest BCUT2D eigenvalue weighted by Gasteiger charge is 2.26. The van der Waals surface area contributed by atoms with Gasteiger partial charge in [0.1, 0.15) is 11.5 Å². The Kier molecular flexibility index (Phi) is 7.29. The lowest BCUT2D eigenvalue weighted by atomic mass is 9.97. The Balaban J connectivity index is 1.37. The molecule has 0 saturated heterocycles. The quantitative estimate of drug-likeness (QED) is 0.461. The number of halogens is 1. The molecule has 170 valence electrons. The van der Waals surface area contributed by atoms with Crippen LogP contribution in [0.2, 0.25) is 0 Å². The van der Waals surface area contributed by atoms with Gasteiger partial charge in [0.05, 0.1) is 6.61 Å². The van der Waals surface area contributed by atoms with Crippen molar-refractivity contribution >= 4 is 33.4 Å². The van der Waals surface area contributed by atoms with Crippen molar-refractivity contribution < 1.29 is 19.1 Å². The average Bonchev–Trinajstić information content (AvgIpc) is 2.82. The van der Waals surface area contributed by atoms with Gasteiger partial charge >= 0.3 is 0 Å². The van der Waals surface area contributed by atoms with Crippen LogP contribution in [0.3, 0.4) is 0 Å². The van der Waals surface area contributed by atoms with Crippen LogP contribution in [-0.4, -0.2) is 36.5 Å². The lowest BCUT2D eigenvalue weighted by Crippen LogP contribution is -2.37. The Bertz CT molecular complexity index is 1130. The second kappa shape index (κ2) is 10.5. The van der Waals surface area contributed by atoms with Crippen LogP contribution in [0.4, 0.5) is 5.69 Å². The van der Waals surface area contributed by atoms with E-state index in [2.05, 4.69) is 21.2 Å². The first-order valence-electron chi connectivity index (χ1n) is 10.8. The molecule has 1 N–H and O–H groups in total. The van der Waals surface area contributed by atoms with E-state index in [-0.39, 0.29) is 18.4 Å². The Hall–Kier alpha value is -3.32. The van der Waals surface area contributed by atoms with Gasteiger partial charge in [-0.05, 0) is 67.4 Å². The van der Waals surface area contributed by atoms with Crippen molar-refractivity contribution in [3.8, 4) is 11.5 Å². The van der Waals surface area contributed by atoms with Gasteiger partial charge < -0.3 is 19.7 Å². The van der Waals surface area contributed by atoms with Crippen molar-refractivity contribution in [1.82, 2.24) is 4.90 Å². The summed E-state index contributed by atoms with van der Waals surface area (Å²) in [5, 5.41) is 2.81. The summed E-state index contributed by atoms with van der Waals surface area (Å²) in [6.07, 6.45) is 0.675. The molecule has 3 aromatic rings. The monoisotopic (exact) mass is 508 g/mol. The molecule has 0 aliphatic carbocycles. The van der Waals surface area contributed by atoms with E-state index in [1.165, 1.54) is 0 Å². The minimum Gasteiger partial charge on any atom is -0.494 e. The number of carbonyl (C=O) groups is 2. The fraction of sp³-hybridized carbons (Fsp3) is 0.231. The Labute approximate surface area is 201 Å². The molecule has 1 aliphatic rings. The molecule has 3 aromatic carbocycles. The predicted octanol–water partition coefficient (Wildman–Crippen LogP) is 5.06. The molecule has 33 heavy (non-hydrogen) atoms. The summed E-state index contributed by atoms with van der Waals surface area (Å²) in [5.74, 6) is 1.03. The summed E-state index contributed by atoms with van der Waals surface area (Å²) in [5.41, 5.74) is 3.22. The summed E-state index contributed by atoms with van der Waals surface area (Å²) in [6, 6.07) is 20.6. The van der Waals surface area contributed by atoms with Gasteiger partial charge in [-0.3, -0.25) is 9.59 Å². The van der Waals surface area contributed by atoms with Crippen LogP contribution in [0, 0.1) is 0 Å². The molecule has 0 atom stereocenters. The van der Waals surface area contributed by atoms with E-state index in [9.17, 15) is 9.59 Å². The molecule has 0 saturated carbocycles. The molecule has 0 bridgehead atoms. The third-order valence-electron chi connectivity index (χ3n) is 5.38. The van der Waals surface area contributed by atoms with Crippen molar-refractivity contribution in [1.29, 1.82) is 0 Å². The summed E-state index contributed by atoms with van der Waals surface area (Å²) in [7, 11) is 0. The number of nitrogens with one attached hydrogen (secondary N) is 1. The summed E-state index contributed by atoms with van der Waals surface area (Å²) < 4.78 is 12.2. The number of nitrogens with zero attached hydrogens (tertiary/aromatic N) is 1. The molecule has 1 heterocycles. The maximum absolute atomic E-state index is 13.1. The van der Waals surface area contributed by atoms with Crippen LogP contribution < -0.4 is 14.8 Å². The van der Waals surface area contributed by atoms with Gasteiger partial charge in [-0.25, -0.2) is 0 Å². The first-order chi connectivity index (χ1) is 16.0. The molecule has 4 rings (SSSR count). The first kappa shape index (κ1) is 22.9. The van der Waals surface area contributed by atoms with Crippen LogP contribution in [0.25, 0.3) is 0 Å². The number of amides is 2. The summed E-state index contributed by atoms with van der Waals surface area (Å²) in [4.78, 5) is 27.3. The van der Waals surface area contributed by atoms with E-state index in [0.29, 0.717) is 43.1 Å². The number of hydrogen-bond acceptors (Lipinski definition) is 4. The van der Waals surface area contributed by atoms with Crippen LogP contribution in [-0.2, 0) is 17.8 Å². The number of hydrogen-bond donors (Lipinski definition) is 1. The van der Waals surface area contributed by atoms with Crippen molar-refractivity contribution in [2.24, 2.45) is 0 Å². The highest BCUT2D eigenvalue weighted by Crippen LogP contribution is 2.29. The molecule has 2 amide bonds. The number of anilines is 1. The van der Waals surface area contributed by atoms with Gasteiger partial charge in [0.25, 0.3) is 11.8 Å². The fourth-order valence-electron chi connectivity index (χ4n) is 3.78. The molecule has 6 nitrogen and oxygen atoms in total. The zero-order valence-electron chi connectivity index (χ0n) is 18.3. The molecular formula is C26H25BrN2O4. The first-order valence-corrected chi connectivity index (χ1v) is 11.6. The minimum atomic E-state index is -0.268. The third-order valence-corrected chi connectivity index (χ3v) is 5.91. The molecular weight excluding hydrogens is 484 g/mol. The van der Waals surface area contributed by atoms with Crippen molar-refractivity contribution in [2.75, 3.05) is 25.1 Å². The molecule has 0 aromatic heterocycles. The highest BCUT2D eigenvalue weighted by atomic mass is 79.9. The van der Waals surface area contributed by atoms with E-state index in [1.54, 1.807) is 36.4 Å². The zero-order chi connectivity index (χ0) is 23.2. The van der Waals surface area contributed by atoms with E-state index in [4.69, 9.17) is 9.47 Å². The second-order valence-electron chi connectivity index (χ2n) is 7.68. The van der Waals surface area contributed by atoms with E-state index in [0.717, 1.165) is 21.3 Å². The minimum absolute atomic E-state index is 0.0246. The molecule has 0 radical (unpaired) electrons. The van der Waals surface area contributed by atoms with E-state index < -0.39 is 0 Å². The fourth-order valence-corrected chi connectivity index (χ4v) is 4.04. The number of ether oxygens (including phenoxy) is 2. The number of benzene rings is 3. The molecule has 7 heteroatoms. The van der Waals surface area contributed by atoms with Crippen LogP contribution in [0.1, 0.15) is 28.4 Å². The Morgan fingerprint density at radius 2 is 1.79 bits per heavy atom. The standard InChI is InChI=1S/C26H25BrN2O4/c1-2-32-21-12-10-20(11-13-21)28-25(30)17-33-24-5-3-4-23-22(24)14-15-29(26(23)31)16-18-6-8-19(27)9-7-18/h3-13H,2,14-17H2,1H3,(H,28,30).